The fraction of sp³-hybridized carbons (Fsp3) is 1.00. The summed E-state index contributed by atoms with van der Waals surface area (Å²) in [5.41, 5.74) is 0. The first-order chi connectivity index (χ1) is 19.2. The van der Waals surface area contributed by atoms with Crippen molar-refractivity contribution >= 4 is 0 Å². The Bertz CT molecular complexity index is 615. The van der Waals surface area contributed by atoms with Gasteiger partial charge in [0.25, 0.3) is 0 Å². The summed E-state index contributed by atoms with van der Waals surface area (Å²) >= 11 is 0. The molecule has 0 saturated carbocycles. The van der Waals surface area contributed by atoms with Gasteiger partial charge in [-0.2, -0.15) is 0 Å². The second kappa shape index (κ2) is 13.3. The second-order valence-corrected chi connectivity index (χ2v) is 10.9. The van der Waals surface area contributed by atoms with Crippen molar-refractivity contribution in [2.45, 2.75) is 97.7 Å². The Labute approximate surface area is 229 Å². The van der Waals surface area contributed by atoms with Crippen LogP contribution in [0.25, 0.3) is 0 Å². The number of aliphatic hydroxyl groups excluding tert-OH is 8. The molecule has 16 heteroatoms. The van der Waals surface area contributed by atoms with Crippen LogP contribution >= 0.6 is 0 Å². The van der Waals surface area contributed by atoms with E-state index >= 15 is 0 Å². The third-order valence-corrected chi connectivity index (χ3v) is 8.00. The third kappa shape index (κ3) is 6.47. The molecule has 8 N–H and O–H groups in total. The molecule has 8 rings (SSSR count). The van der Waals surface area contributed by atoms with Crippen LogP contribution in [0, 0.1) is 0 Å². The zero-order valence-corrected chi connectivity index (χ0v) is 21.7. The van der Waals surface area contributed by atoms with Gasteiger partial charge in [0, 0.05) is 0 Å². The topological polar surface area (TPSA) is 236 Å². The van der Waals surface area contributed by atoms with Gasteiger partial charge >= 0.3 is 0 Å². The van der Waals surface area contributed by atoms with E-state index < -0.39 is 48.8 Å². The van der Waals surface area contributed by atoms with Crippen molar-refractivity contribution in [3.05, 3.63) is 0 Å². The molecule has 0 aromatic heterocycles. The molecule has 232 valence electrons. The van der Waals surface area contributed by atoms with Gasteiger partial charge in [0.05, 0.1) is 52.9 Å². The van der Waals surface area contributed by atoms with Gasteiger partial charge in [-0.3, -0.25) is 0 Å². The average Bonchev–Trinajstić information content (AvgIpc) is 3.76. The monoisotopic (exact) mass is 584 g/mol. The summed E-state index contributed by atoms with van der Waals surface area (Å²) in [5.74, 6) is 0. The molecule has 0 spiro atoms. The van der Waals surface area contributed by atoms with Gasteiger partial charge in [0.1, 0.15) is 97.7 Å². The van der Waals surface area contributed by atoms with E-state index in [9.17, 15) is 0 Å². The molecule has 8 aliphatic heterocycles. The van der Waals surface area contributed by atoms with E-state index in [-0.39, 0.29) is 102 Å². The van der Waals surface area contributed by atoms with Crippen LogP contribution < -0.4 is 0 Å². The van der Waals surface area contributed by atoms with Crippen LogP contribution in [0.1, 0.15) is 0 Å². The fourth-order valence-corrected chi connectivity index (χ4v) is 5.84. The van der Waals surface area contributed by atoms with Gasteiger partial charge in [-0.05, 0) is 0 Å². The molecule has 8 heterocycles. The second-order valence-electron chi connectivity index (χ2n) is 10.9. The van der Waals surface area contributed by atoms with E-state index in [0.29, 0.717) is 0 Å². The molecule has 16 nitrogen and oxygen atoms in total. The lowest BCUT2D eigenvalue weighted by molar-refractivity contribution is 0.00201. The van der Waals surface area contributed by atoms with Crippen LogP contribution in [0.15, 0.2) is 0 Å². The van der Waals surface area contributed by atoms with Crippen LogP contribution in [0.5, 0.6) is 0 Å². The molecule has 40 heavy (non-hydrogen) atoms. The summed E-state index contributed by atoms with van der Waals surface area (Å²) in [4.78, 5) is 0. The Morgan fingerprint density at radius 1 is 0.225 bits per heavy atom. The Kier molecular flexibility index (Phi) is 10.3. The molecule has 8 saturated heterocycles. The highest BCUT2D eigenvalue weighted by Gasteiger charge is 2.48. The average molecular weight is 585 g/mol. The highest BCUT2D eigenvalue weighted by molar-refractivity contribution is 4.96. The number of hydrogen-bond acceptors (Lipinski definition) is 16. The molecular weight excluding hydrogens is 544 g/mol. The fourth-order valence-electron chi connectivity index (χ4n) is 5.84. The molecule has 0 bridgehead atoms. The summed E-state index contributed by atoms with van der Waals surface area (Å²) in [6, 6.07) is 0. The smallest absolute Gasteiger partial charge is 0.114 e. The molecule has 0 aliphatic carbocycles. The number of ether oxygens (including phenoxy) is 8. The first-order valence-corrected chi connectivity index (χ1v) is 13.5. The highest BCUT2D eigenvalue weighted by atomic mass is 16.6. The minimum absolute atomic E-state index is 0.284. The van der Waals surface area contributed by atoms with Crippen molar-refractivity contribution in [2.24, 2.45) is 0 Å². The zero-order chi connectivity index (χ0) is 28.6. The molecule has 8 fully saturated rings. The first kappa shape index (κ1) is 30.8. The maximum atomic E-state index is 9.16. The summed E-state index contributed by atoms with van der Waals surface area (Å²) in [6.45, 7) is 2.27. The van der Waals surface area contributed by atoms with E-state index in [4.69, 9.17) is 78.7 Å². The summed E-state index contributed by atoms with van der Waals surface area (Å²) in [5, 5.41) is 73.2. The van der Waals surface area contributed by atoms with Gasteiger partial charge < -0.3 is 78.7 Å². The van der Waals surface area contributed by atoms with E-state index in [0.717, 1.165) is 0 Å². The van der Waals surface area contributed by atoms with Crippen molar-refractivity contribution in [2.75, 3.05) is 52.9 Å². The summed E-state index contributed by atoms with van der Waals surface area (Å²) in [7, 11) is 0. The first-order valence-electron chi connectivity index (χ1n) is 13.5. The van der Waals surface area contributed by atoms with Gasteiger partial charge in [-0.25, -0.2) is 0 Å². The largest absolute Gasteiger partial charge is 0.388 e. The number of hydrogen-bond donors (Lipinski definition) is 8. The highest BCUT2D eigenvalue weighted by Crippen LogP contribution is 2.29. The Morgan fingerprint density at radius 2 is 0.325 bits per heavy atom. The predicted octanol–water partition coefficient (Wildman–Crippen LogP) is -5.98. The molecule has 0 aromatic carbocycles. The molecular formula is C24H40O16. The van der Waals surface area contributed by atoms with Crippen molar-refractivity contribution in [3.63, 3.8) is 0 Å². The van der Waals surface area contributed by atoms with Crippen molar-refractivity contribution in [1.82, 2.24) is 0 Å². The number of fused-ring (bicyclic) bond motifs is 4. The van der Waals surface area contributed by atoms with E-state index in [1.807, 2.05) is 0 Å². The molecule has 4 unspecified atom stereocenters. The van der Waals surface area contributed by atoms with Gasteiger partial charge in [0.2, 0.25) is 0 Å². The van der Waals surface area contributed by atoms with E-state index in [1.54, 1.807) is 0 Å². The van der Waals surface area contributed by atoms with Gasteiger partial charge in [0.15, 0.2) is 0 Å². The Hall–Kier alpha value is -0.640. The van der Waals surface area contributed by atoms with Crippen molar-refractivity contribution < 1.29 is 78.7 Å². The zero-order valence-electron chi connectivity index (χ0n) is 21.7. The summed E-state index contributed by atoms with van der Waals surface area (Å²) < 4.78 is 40.6. The van der Waals surface area contributed by atoms with Crippen molar-refractivity contribution in [1.29, 1.82) is 0 Å². The number of aliphatic hydroxyl groups is 8. The Morgan fingerprint density at radius 3 is 0.425 bits per heavy atom. The van der Waals surface area contributed by atoms with Crippen LogP contribution in [0.4, 0.5) is 0 Å². The number of rotatable bonds is 0. The molecule has 8 aliphatic rings. The summed E-state index contributed by atoms with van der Waals surface area (Å²) in [6.07, 6.45) is -6.80. The van der Waals surface area contributed by atoms with Gasteiger partial charge in [-0.15, -0.1) is 0 Å². The lowest BCUT2D eigenvalue weighted by atomic mass is 10.1. The van der Waals surface area contributed by atoms with E-state index in [1.165, 1.54) is 0 Å². The van der Waals surface area contributed by atoms with Crippen molar-refractivity contribution in [3.8, 4) is 0 Å². The predicted molar refractivity (Wildman–Crippen MR) is 126 cm³/mol. The Balaban J connectivity index is 0.000000108. The normalized spacial score (nSPS) is 53.4. The lowest BCUT2D eigenvalue weighted by Gasteiger charge is -2.09. The van der Waals surface area contributed by atoms with Crippen LogP contribution in [-0.4, -0.2) is 191 Å². The SMILES string of the molecule is OC1COC2C(O)COC12.O[C@@H]1CO[C@H]2[C@@H]1OC[C@@H]2O.O[C@@H]1CO[C@H]2[C@@H]1OC[C@H]2O.O[C@H]1CO[C@H]2[C@@H]1OC[C@@H]2O. The molecule has 0 radical (unpaired) electrons. The minimum Gasteiger partial charge on any atom is -0.388 e. The van der Waals surface area contributed by atoms with Gasteiger partial charge in [-0.1, -0.05) is 0 Å². The third-order valence-electron chi connectivity index (χ3n) is 8.00. The van der Waals surface area contributed by atoms with E-state index in [2.05, 4.69) is 0 Å². The molecule has 16 atom stereocenters. The van der Waals surface area contributed by atoms with Crippen LogP contribution in [-0.2, 0) is 37.9 Å². The maximum absolute atomic E-state index is 9.16. The molecule has 0 amide bonds. The quantitative estimate of drug-likeness (QED) is 0.132. The van der Waals surface area contributed by atoms with Crippen LogP contribution in [0.2, 0.25) is 0 Å². The standard InChI is InChI=1S/4C6H10O4/c4*7-3-1-9-6-4(8)2-10-5(3)6/h4*3-8H,1-2H2/t3-,4+,5-,6-;3-,4-,5+,6+;3-,4-,5-,6-;/m101./s1. The lowest BCUT2D eigenvalue weighted by Crippen LogP contribution is -2.30. The molecule has 0 aromatic rings. The maximum Gasteiger partial charge on any atom is 0.114 e. The minimum atomic E-state index is -0.554. The van der Waals surface area contributed by atoms with Crippen LogP contribution in [0.3, 0.4) is 0 Å².